The fraction of sp³-hybridized carbons (Fsp3) is 0.276. The second-order valence-corrected chi connectivity index (χ2v) is 11.2. The van der Waals surface area contributed by atoms with E-state index in [1.807, 2.05) is 12.1 Å². The van der Waals surface area contributed by atoms with Gasteiger partial charge in [-0.1, -0.05) is 23.7 Å². The molecule has 0 aliphatic carbocycles. The number of hydrogen-bond acceptors (Lipinski definition) is 5. The predicted octanol–water partition coefficient (Wildman–Crippen LogP) is 6.93. The summed E-state index contributed by atoms with van der Waals surface area (Å²) >= 11 is 8.02. The van der Waals surface area contributed by atoms with Gasteiger partial charge in [0.05, 0.1) is 6.42 Å². The fourth-order valence-electron chi connectivity index (χ4n) is 5.00. The van der Waals surface area contributed by atoms with Gasteiger partial charge in [0.1, 0.15) is 0 Å². The molecule has 1 aliphatic heterocycles. The van der Waals surface area contributed by atoms with Gasteiger partial charge in [-0.3, -0.25) is 4.79 Å². The van der Waals surface area contributed by atoms with Gasteiger partial charge in [-0.2, -0.15) is 0 Å². The Balaban J connectivity index is 1.57. The maximum absolute atomic E-state index is 11.7. The Kier molecular flexibility index (Phi) is 6.58. The summed E-state index contributed by atoms with van der Waals surface area (Å²) in [4.78, 5) is 18.2. The van der Waals surface area contributed by atoms with E-state index in [4.69, 9.17) is 11.6 Å². The first-order valence-electron chi connectivity index (χ1n) is 12.0. The Morgan fingerprint density at radius 2 is 1.72 bits per heavy atom. The molecule has 2 heterocycles. The van der Waals surface area contributed by atoms with Gasteiger partial charge in [-0.25, -0.2) is 0 Å². The molecule has 0 saturated carbocycles. The SMILES string of the molecule is CN(C)c1cc(-c2ccc3c(c2)N(Cc2csc4ccc(Cl)cc24)CC3CC(=O)O)cc(N(C)C)c1. The number of carboxylic acids is 1. The van der Waals surface area contributed by atoms with Crippen LogP contribution in [-0.2, 0) is 11.3 Å². The van der Waals surface area contributed by atoms with Crippen LogP contribution in [0, 0.1) is 0 Å². The highest BCUT2D eigenvalue weighted by molar-refractivity contribution is 7.17. The number of nitrogens with zero attached hydrogens (tertiary/aromatic N) is 3. The Hall–Kier alpha value is -3.22. The molecule has 4 aromatic rings. The van der Waals surface area contributed by atoms with Crippen molar-refractivity contribution in [2.75, 3.05) is 49.4 Å². The minimum absolute atomic E-state index is 0.0366. The average molecular weight is 520 g/mol. The van der Waals surface area contributed by atoms with Gasteiger partial charge in [0.2, 0.25) is 0 Å². The largest absolute Gasteiger partial charge is 0.481 e. The Labute approximate surface area is 221 Å². The van der Waals surface area contributed by atoms with Crippen molar-refractivity contribution in [1.29, 1.82) is 0 Å². The Morgan fingerprint density at radius 3 is 2.39 bits per heavy atom. The van der Waals surface area contributed by atoms with E-state index < -0.39 is 5.97 Å². The van der Waals surface area contributed by atoms with Crippen molar-refractivity contribution < 1.29 is 9.90 Å². The van der Waals surface area contributed by atoms with E-state index in [9.17, 15) is 9.90 Å². The molecule has 1 N–H and O–H groups in total. The third-order valence-corrected chi connectivity index (χ3v) is 8.17. The molecule has 0 bridgehead atoms. The van der Waals surface area contributed by atoms with Crippen molar-refractivity contribution >= 4 is 56.1 Å². The molecule has 1 atom stereocenters. The quantitative estimate of drug-likeness (QED) is 0.287. The molecule has 5 nitrogen and oxygen atoms in total. The van der Waals surface area contributed by atoms with Crippen LogP contribution in [0.3, 0.4) is 0 Å². The van der Waals surface area contributed by atoms with E-state index in [2.05, 4.69) is 90.7 Å². The molecule has 1 unspecified atom stereocenters. The lowest BCUT2D eigenvalue weighted by Gasteiger charge is -2.22. The highest BCUT2D eigenvalue weighted by Gasteiger charge is 2.31. The van der Waals surface area contributed by atoms with E-state index in [1.165, 1.54) is 15.6 Å². The van der Waals surface area contributed by atoms with Crippen LogP contribution in [0.2, 0.25) is 5.02 Å². The second kappa shape index (κ2) is 9.68. The van der Waals surface area contributed by atoms with E-state index in [0.29, 0.717) is 13.1 Å². The summed E-state index contributed by atoms with van der Waals surface area (Å²) in [6.07, 6.45) is 0.125. The first kappa shape index (κ1) is 24.5. The first-order chi connectivity index (χ1) is 17.2. The third-order valence-electron chi connectivity index (χ3n) is 6.92. The fourth-order valence-corrected chi connectivity index (χ4v) is 6.11. The van der Waals surface area contributed by atoms with Crippen molar-refractivity contribution in [3.05, 3.63) is 76.1 Å². The number of carboxylic acid groups (broad SMARTS) is 1. The number of thiophene rings is 1. The van der Waals surface area contributed by atoms with Crippen molar-refractivity contribution in [3.8, 4) is 11.1 Å². The number of fused-ring (bicyclic) bond motifs is 2. The number of benzene rings is 3. The number of hydrogen-bond donors (Lipinski definition) is 1. The summed E-state index contributed by atoms with van der Waals surface area (Å²) < 4.78 is 1.21. The molecule has 7 heteroatoms. The second-order valence-electron chi connectivity index (χ2n) is 9.88. The summed E-state index contributed by atoms with van der Waals surface area (Å²) in [5, 5.41) is 13.7. The Morgan fingerprint density at radius 1 is 1.00 bits per heavy atom. The van der Waals surface area contributed by atoms with Crippen LogP contribution >= 0.6 is 22.9 Å². The maximum atomic E-state index is 11.7. The van der Waals surface area contributed by atoms with E-state index in [-0.39, 0.29) is 12.3 Å². The molecule has 0 radical (unpaired) electrons. The minimum Gasteiger partial charge on any atom is -0.481 e. The van der Waals surface area contributed by atoms with Crippen LogP contribution < -0.4 is 14.7 Å². The minimum atomic E-state index is -0.765. The van der Waals surface area contributed by atoms with E-state index in [0.717, 1.165) is 38.8 Å². The molecule has 0 fully saturated rings. The maximum Gasteiger partial charge on any atom is 0.304 e. The molecular formula is C29H30ClN3O2S. The van der Waals surface area contributed by atoms with Crippen LogP contribution in [-0.4, -0.2) is 45.8 Å². The van der Waals surface area contributed by atoms with Crippen LogP contribution in [0.4, 0.5) is 17.1 Å². The summed E-state index contributed by atoms with van der Waals surface area (Å²) in [6, 6.07) is 19.1. The van der Waals surface area contributed by atoms with Crippen molar-refractivity contribution in [1.82, 2.24) is 0 Å². The lowest BCUT2D eigenvalue weighted by atomic mass is 9.95. The smallest absolute Gasteiger partial charge is 0.304 e. The summed E-state index contributed by atoms with van der Waals surface area (Å²) in [5.74, 6) is -0.801. The number of halogens is 1. The molecule has 5 rings (SSSR count). The van der Waals surface area contributed by atoms with Crippen molar-refractivity contribution in [2.24, 2.45) is 0 Å². The first-order valence-corrected chi connectivity index (χ1v) is 13.2. The van der Waals surface area contributed by atoms with E-state index in [1.54, 1.807) is 11.3 Å². The monoisotopic (exact) mass is 519 g/mol. The molecule has 0 saturated heterocycles. The van der Waals surface area contributed by atoms with Gasteiger partial charge >= 0.3 is 5.97 Å². The molecule has 3 aromatic carbocycles. The molecule has 186 valence electrons. The van der Waals surface area contributed by atoms with Gasteiger partial charge in [-0.15, -0.1) is 11.3 Å². The highest BCUT2D eigenvalue weighted by Crippen LogP contribution is 2.43. The number of carbonyl (C=O) groups is 1. The van der Waals surface area contributed by atoms with Crippen molar-refractivity contribution in [3.63, 3.8) is 0 Å². The van der Waals surface area contributed by atoms with Crippen LogP contribution in [0.1, 0.15) is 23.5 Å². The molecule has 1 aromatic heterocycles. The summed E-state index contributed by atoms with van der Waals surface area (Å²) in [5.41, 5.74) is 7.98. The normalized spacial score (nSPS) is 14.8. The topological polar surface area (TPSA) is 47.0 Å². The van der Waals surface area contributed by atoms with Crippen molar-refractivity contribution in [2.45, 2.75) is 18.9 Å². The van der Waals surface area contributed by atoms with Gasteiger partial charge < -0.3 is 19.8 Å². The van der Waals surface area contributed by atoms with Gasteiger partial charge in [0.25, 0.3) is 0 Å². The standard InChI is InChI=1S/C29H30ClN3O2S/c1-31(2)23-9-19(10-24(14-23)32(3)4)18-5-7-25-20(12-29(34)35)15-33(27(25)11-18)16-21-17-36-28-8-6-22(30)13-26(21)28/h5-11,13-14,17,20H,12,15-16H2,1-4H3,(H,34,35). The third kappa shape index (κ3) is 4.75. The number of anilines is 3. The molecular weight excluding hydrogens is 490 g/mol. The highest BCUT2D eigenvalue weighted by atomic mass is 35.5. The number of rotatable bonds is 7. The van der Waals surface area contributed by atoms with Crippen LogP contribution in [0.15, 0.2) is 60.0 Å². The molecule has 0 spiro atoms. The zero-order valence-corrected chi connectivity index (χ0v) is 22.5. The van der Waals surface area contributed by atoms with Crippen LogP contribution in [0.25, 0.3) is 21.2 Å². The lowest BCUT2D eigenvalue weighted by Crippen LogP contribution is -2.22. The predicted molar refractivity (Wildman–Crippen MR) is 153 cm³/mol. The summed E-state index contributed by atoms with van der Waals surface area (Å²) in [6.45, 7) is 1.40. The van der Waals surface area contributed by atoms with Gasteiger partial charge in [0, 0.05) is 74.0 Å². The van der Waals surface area contributed by atoms with Crippen LogP contribution in [0.5, 0.6) is 0 Å². The molecule has 36 heavy (non-hydrogen) atoms. The number of aliphatic carboxylic acids is 1. The summed E-state index contributed by atoms with van der Waals surface area (Å²) in [7, 11) is 8.21. The Bertz CT molecular complexity index is 1420. The molecule has 0 amide bonds. The van der Waals surface area contributed by atoms with Gasteiger partial charge in [-0.05, 0) is 75.5 Å². The average Bonchev–Trinajstić information content (AvgIpc) is 3.39. The van der Waals surface area contributed by atoms with Gasteiger partial charge in [0.15, 0.2) is 0 Å². The molecule has 1 aliphatic rings. The lowest BCUT2D eigenvalue weighted by molar-refractivity contribution is -0.137. The zero-order valence-electron chi connectivity index (χ0n) is 21.0. The van der Waals surface area contributed by atoms with E-state index >= 15 is 0 Å². The zero-order chi connectivity index (χ0) is 25.6.